The molecule has 1 aromatic carbocycles. The highest BCUT2D eigenvalue weighted by Gasteiger charge is 2.31. The fraction of sp³-hybridized carbons (Fsp3) is 0.682. The Balaban J connectivity index is 1.27. The number of piperazine rings is 1. The first-order chi connectivity index (χ1) is 13.2. The Morgan fingerprint density at radius 3 is 2.33 bits per heavy atom. The molecule has 2 heterocycles. The highest BCUT2D eigenvalue weighted by atomic mass is 19.1. The first-order valence-electron chi connectivity index (χ1n) is 10.7. The van der Waals surface area contributed by atoms with E-state index in [9.17, 15) is 9.18 Å². The number of nitrogens with zero attached hydrogens (tertiary/aromatic N) is 3. The Hall–Kier alpha value is -1.62. The quantitative estimate of drug-likeness (QED) is 0.808. The fourth-order valence-corrected chi connectivity index (χ4v) is 5.07. The van der Waals surface area contributed by atoms with Crippen molar-refractivity contribution in [2.24, 2.45) is 5.92 Å². The topological polar surface area (TPSA) is 26.8 Å². The Morgan fingerprint density at radius 1 is 0.926 bits per heavy atom. The van der Waals surface area contributed by atoms with Crippen LogP contribution in [0, 0.1) is 11.7 Å². The molecule has 5 heteroatoms. The van der Waals surface area contributed by atoms with Crippen LogP contribution in [0.3, 0.4) is 0 Å². The van der Waals surface area contributed by atoms with Gasteiger partial charge in [-0.3, -0.25) is 9.69 Å². The van der Waals surface area contributed by atoms with Crippen molar-refractivity contribution < 1.29 is 9.18 Å². The molecule has 1 aromatic rings. The van der Waals surface area contributed by atoms with E-state index in [0.29, 0.717) is 17.9 Å². The van der Waals surface area contributed by atoms with Crippen molar-refractivity contribution in [2.45, 2.75) is 51.0 Å². The average molecular weight is 374 g/mol. The first kappa shape index (κ1) is 18.7. The van der Waals surface area contributed by atoms with Crippen molar-refractivity contribution in [3.05, 3.63) is 30.1 Å². The molecule has 3 fully saturated rings. The maximum atomic E-state index is 13.1. The summed E-state index contributed by atoms with van der Waals surface area (Å²) in [6.45, 7) is 5.83. The van der Waals surface area contributed by atoms with E-state index >= 15 is 0 Å². The number of rotatable bonds is 4. The van der Waals surface area contributed by atoms with Crippen molar-refractivity contribution >= 4 is 11.6 Å². The van der Waals surface area contributed by atoms with Gasteiger partial charge in [0.05, 0.1) is 0 Å². The lowest BCUT2D eigenvalue weighted by Crippen LogP contribution is -2.56. The Morgan fingerprint density at radius 2 is 1.63 bits per heavy atom. The summed E-state index contributed by atoms with van der Waals surface area (Å²) in [7, 11) is 0. The second kappa shape index (κ2) is 8.59. The van der Waals surface area contributed by atoms with Gasteiger partial charge < -0.3 is 9.80 Å². The average Bonchev–Trinajstić information content (AvgIpc) is 3.22. The van der Waals surface area contributed by atoms with Crippen molar-refractivity contribution in [3.63, 3.8) is 0 Å². The van der Waals surface area contributed by atoms with Gasteiger partial charge in [0.15, 0.2) is 0 Å². The summed E-state index contributed by atoms with van der Waals surface area (Å²) in [6, 6.07) is 7.32. The van der Waals surface area contributed by atoms with Crippen LogP contribution in [0.5, 0.6) is 0 Å². The summed E-state index contributed by atoms with van der Waals surface area (Å²) in [4.78, 5) is 19.8. The number of piperidine rings is 1. The van der Waals surface area contributed by atoms with Crippen LogP contribution in [0.1, 0.15) is 44.9 Å². The Bertz CT molecular complexity index is 621. The molecule has 4 nitrogen and oxygen atoms in total. The molecule has 0 bridgehead atoms. The van der Waals surface area contributed by atoms with Gasteiger partial charge in [-0.15, -0.1) is 0 Å². The summed E-state index contributed by atoms with van der Waals surface area (Å²) in [5, 5.41) is 0. The summed E-state index contributed by atoms with van der Waals surface area (Å²) in [6.07, 6.45) is 8.19. The maximum Gasteiger partial charge on any atom is 0.222 e. The van der Waals surface area contributed by atoms with Crippen molar-refractivity contribution in [1.82, 2.24) is 9.80 Å². The molecule has 0 spiro atoms. The van der Waals surface area contributed by atoms with Crippen molar-refractivity contribution in [2.75, 3.05) is 44.2 Å². The van der Waals surface area contributed by atoms with E-state index in [1.807, 2.05) is 12.1 Å². The molecule has 1 atom stereocenters. The summed E-state index contributed by atoms with van der Waals surface area (Å²) < 4.78 is 13.1. The summed E-state index contributed by atoms with van der Waals surface area (Å²) in [5.74, 6) is 0.843. The molecule has 2 saturated heterocycles. The van der Waals surface area contributed by atoms with Crippen LogP contribution in [0.2, 0.25) is 0 Å². The van der Waals surface area contributed by atoms with Gasteiger partial charge in [0.1, 0.15) is 5.82 Å². The molecule has 0 aromatic heterocycles. The normalized spacial score (nSPS) is 25.1. The van der Waals surface area contributed by atoms with Crippen LogP contribution in [0.25, 0.3) is 0 Å². The van der Waals surface area contributed by atoms with Crippen molar-refractivity contribution in [1.29, 1.82) is 0 Å². The Labute approximate surface area is 162 Å². The molecule has 3 aliphatic rings. The fourth-order valence-electron chi connectivity index (χ4n) is 5.07. The molecule has 1 aliphatic carbocycles. The second-order valence-electron chi connectivity index (χ2n) is 8.49. The first-order valence-corrected chi connectivity index (χ1v) is 10.7. The number of hydrogen-bond donors (Lipinski definition) is 0. The van der Waals surface area contributed by atoms with Gasteiger partial charge >= 0.3 is 0 Å². The predicted molar refractivity (Wildman–Crippen MR) is 106 cm³/mol. The van der Waals surface area contributed by atoms with E-state index in [1.165, 1.54) is 44.2 Å². The van der Waals surface area contributed by atoms with E-state index in [4.69, 9.17) is 0 Å². The minimum absolute atomic E-state index is 0.179. The molecule has 148 valence electrons. The zero-order chi connectivity index (χ0) is 18.6. The van der Waals surface area contributed by atoms with Gasteiger partial charge in [0.25, 0.3) is 0 Å². The number of carbonyl (C=O) groups excluding carboxylic acids is 1. The minimum atomic E-state index is -0.179. The molecule has 2 aliphatic heterocycles. The lowest BCUT2D eigenvalue weighted by atomic mass is 9.99. The molecular weight excluding hydrogens is 341 g/mol. The second-order valence-corrected chi connectivity index (χ2v) is 8.49. The third-order valence-electron chi connectivity index (χ3n) is 6.71. The number of anilines is 1. The number of likely N-dealkylation sites (tertiary alicyclic amines) is 1. The van der Waals surface area contributed by atoms with Gasteiger partial charge in [0, 0.05) is 57.4 Å². The zero-order valence-corrected chi connectivity index (χ0v) is 16.3. The van der Waals surface area contributed by atoms with Gasteiger partial charge in [-0.25, -0.2) is 4.39 Å². The number of carbonyl (C=O) groups is 1. The lowest BCUT2D eigenvalue weighted by Gasteiger charge is -2.44. The van der Waals surface area contributed by atoms with E-state index in [-0.39, 0.29) is 5.82 Å². The molecule has 4 rings (SSSR count). The molecule has 0 N–H and O–H groups in total. The number of amides is 1. The third-order valence-corrected chi connectivity index (χ3v) is 6.71. The van der Waals surface area contributed by atoms with Crippen LogP contribution in [0.15, 0.2) is 24.3 Å². The van der Waals surface area contributed by atoms with Crippen LogP contribution < -0.4 is 4.90 Å². The molecule has 27 heavy (non-hydrogen) atoms. The largest absolute Gasteiger partial charge is 0.369 e. The smallest absolute Gasteiger partial charge is 0.222 e. The van der Waals surface area contributed by atoms with E-state index in [0.717, 1.165) is 57.8 Å². The molecular formula is C22H32FN3O. The van der Waals surface area contributed by atoms with Crippen molar-refractivity contribution in [3.8, 4) is 0 Å². The number of hydrogen-bond acceptors (Lipinski definition) is 3. The molecule has 1 amide bonds. The maximum absolute atomic E-state index is 13.1. The predicted octanol–water partition coefficient (Wildman–Crippen LogP) is 3.52. The molecule has 1 saturated carbocycles. The van der Waals surface area contributed by atoms with Gasteiger partial charge in [-0.1, -0.05) is 12.8 Å². The van der Waals surface area contributed by atoms with E-state index in [1.54, 1.807) is 0 Å². The number of halogens is 1. The standard InChI is InChI=1S/C22H32FN3O/c23-19-7-9-20(10-8-19)24-12-14-25(15-13-24)21-6-3-11-26(17-21)22(27)16-18-4-1-2-5-18/h7-10,18,21H,1-6,11-17H2/t21-/m0/s1. The van der Waals surface area contributed by atoms with Gasteiger partial charge in [0.2, 0.25) is 5.91 Å². The number of benzene rings is 1. The highest BCUT2D eigenvalue weighted by molar-refractivity contribution is 5.76. The molecule has 0 unspecified atom stereocenters. The van der Waals surface area contributed by atoms with Crippen LogP contribution in [-0.2, 0) is 4.79 Å². The molecule has 0 radical (unpaired) electrons. The SMILES string of the molecule is O=C(CC1CCCC1)N1CCC[C@H](N2CCN(c3ccc(F)cc3)CC2)C1. The monoisotopic (exact) mass is 373 g/mol. The Kier molecular flexibility index (Phi) is 5.96. The van der Waals surface area contributed by atoms with Crippen LogP contribution in [-0.4, -0.2) is 61.0 Å². The van der Waals surface area contributed by atoms with E-state index in [2.05, 4.69) is 14.7 Å². The summed E-state index contributed by atoms with van der Waals surface area (Å²) >= 11 is 0. The van der Waals surface area contributed by atoms with Gasteiger partial charge in [-0.2, -0.15) is 0 Å². The summed E-state index contributed by atoms with van der Waals surface area (Å²) in [5.41, 5.74) is 1.10. The van der Waals surface area contributed by atoms with Crippen LogP contribution in [0.4, 0.5) is 10.1 Å². The van der Waals surface area contributed by atoms with Gasteiger partial charge in [-0.05, 0) is 55.9 Å². The zero-order valence-electron chi connectivity index (χ0n) is 16.3. The van der Waals surface area contributed by atoms with E-state index < -0.39 is 0 Å². The van der Waals surface area contributed by atoms with Crippen LogP contribution >= 0.6 is 0 Å². The lowest BCUT2D eigenvalue weighted by molar-refractivity contribution is -0.134. The highest BCUT2D eigenvalue weighted by Crippen LogP contribution is 2.29. The minimum Gasteiger partial charge on any atom is -0.369 e. The third kappa shape index (κ3) is 4.63.